The Balaban J connectivity index is 2.37. The lowest BCUT2D eigenvalue weighted by Gasteiger charge is -2.09. The minimum Gasteiger partial charge on any atom is -0.207 e. The molecule has 0 bridgehead atoms. The number of unbranched alkanes of at least 4 members (excludes halogenated alkanes) is 2. The third kappa shape index (κ3) is 4.78. The molecule has 1 unspecified atom stereocenters. The van der Waals surface area contributed by atoms with E-state index in [1.807, 2.05) is 12.1 Å². The molecule has 0 nitrogen and oxygen atoms in total. The molecule has 0 aliphatic carbocycles. The number of hydrogen-bond acceptors (Lipinski definition) is 0. The van der Waals surface area contributed by atoms with E-state index >= 15 is 0 Å². The number of benzene rings is 1. The lowest BCUT2D eigenvalue weighted by atomic mass is 10.1. The summed E-state index contributed by atoms with van der Waals surface area (Å²) < 4.78 is 13.3. The Kier molecular flexibility index (Phi) is 5.92. The van der Waals surface area contributed by atoms with E-state index in [1.54, 1.807) is 6.07 Å². The summed E-state index contributed by atoms with van der Waals surface area (Å²) in [6, 6.07) is 7.02. The molecule has 0 amide bonds. The highest BCUT2D eigenvalue weighted by molar-refractivity contribution is 9.09. The zero-order valence-corrected chi connectivity index (χ0v) is 10.8. The van der Waals surface area contributed by atoms with Crippen LogP contribution in [-0.4, -0.2) is 4.83 Å². The van der Waals surface area contributed by atoms with Gasteiger partial charge in [0, 0.05) is 4.83 Å². The van der Waals surface area contributed by atoms with Gasteiger partial charge in [-0.05, 0) is 24.5 Å². The summed E-state index contributed by atoms with van der Waals surface area (Å²) in [6.07, 6.45) is 5.64. The Bertz CT molecular complexity index is 286. The molecule has 0 aliphatic rings. The van der Waals surface area contributed by atoms with Gasteiger partial charge in [0.05, 0.1) is 0 Å². The van der Waals surface area contributed by atoms with Gasteiger partial charge < -0.3 is 0 Å². The lowest BCUT2D eigenvalue weighted by molar-refractivity contribution is 0.595. The van der Waals surface area contributed by atoms with Gasteiger partial charge in [-0.15, -0.1) is 0 Å². The number of hydrogen-bond donors (Lipinski definition) is 0. The maximum absolute atomic E-state index is 13.3. The Morgan fingerprint density at radius 2 is 2.00 bits per heavy atom. The summed E-state index contributed by atoms with van der Waals surface area (Å²) in [5.41, 5.74) is 0.816. The van der Waals surface area contributed by atoms with Gasteiger partial charge in [0.25, 0.3) is 0 Å². The first-order chi connectivity index (χ1) is 7.24. The second-order valence-electron chi connectivity index (χ2n) is 3.89. The van der Waals surface area contributed by atoms with E-state index in [2.05, 4.69) is 22.9 Å². The van der Waals surface area contributed by atoms with Crippen molar-refractivity contribution in [3.63, 3.8) is 0 Å². The zero-order valence-electron chi connectivity index (χ0n) is 9.18. The molecule has 1 aromatic rings. The van der Waals surface area contributed by atoms with Crippen molar-refractivity contribution in [2.75, 3.05) is 0 Å². The molecular weight excluding hydrogens is 255 g/mol. The number of alkyl halides is 1. The van der Waals surface area contributed by atoms with Crippen molar-refractivity contribution in [1.29, 1.82) is 0 Å². The molecule has 0 heterocycles. The van der Waals surface area contributed by atoms with Crippen molar-refractivity contribution in [2.24, 2.45) is 0 Å². The van der Waals surface area contributed by atoms with Gasteiger partial charge in [0.2, 0.25) is 0 Å². The predicted octanol–water partition coefficient (Wildman–Crippen LogP) is 4.71. The smallest absolute Gasteiger partial charge is 0.126 e. The Hall–Kier alpha value is -0.370. The van der Waals surface area contributed by atoms with Crippen LogP contribution in [0, 0.1) is 5.82 Å². The maximum atomic E-state index is 13.3. The van der Waals surface area contributed by atoms with Crippen LogP contribution in [0.1, 0.15) is 38.2 Å². The summed E-state index contributed by atoms with van der Waals surface area (Å²) in [5, 5.41) is 0. The fourth-order valence-electron chi connectivity index (χ4n) is 1.62. The summed E-state index contributed by atoms with van der Waals surface area (Å²) in [7, 11) is 0. The van der Waals surface area contributed by atoms with Gasteiger partial charge in [0.1, 0.15) is 5.82 Å². The van der Waals surface area contributed by atoms with Crippen LogP contribution in [0.2, 0.25) is 0 Å². The van der Waals surface area contributed by atoms with Crippen molar-refractivity contribution < 1.29 is 4.39 Å². The van der Waals surface area contributed by atoms with Crippen LogP contribution in [0.3, 0.4) is 0 Å². The van der Waals surface area contributed by atoms with E-state index in [-0.39, 0.29) is 5.82 Å². The molecule has 15 heavy (non-hydrogen) atoms. The van der Waals surface area contributed by atoms with Crippen LogP contribution in [0.4, 0.5) is 4.39 Å². The minimum absolute atomic E-state index is 0.0857. The number of rotatable bonds is 6. The van der Waals surface area contributed by atoms with E-state index < -0.39 is 0 Å². The van der Waals surface area contributed by atoms with E-state index in [9.17, 15) is 4.39 Å². The highest BCUT2D eigenvalue weighted by Gasteiger charge is 2.08. The first-order valence-corrected chi connectivity index (χ1v) is 6.53. The van der Waals surface area contributed by atoms with Crippen LogP contribution in [0.25, 0.3) is 0 Å². The third-order valence-electron chi connectivity index (χ3n) is 2.52. The largest absolute Gasteiger partial charge is 0.207 e. The van der Waals surface area contributed by atoms with E-state index in [4.69, 9.17) is 0 Å². The van der Waals surface area contributed by atoms with Gasteiger partial charge >= 0.3 is 0 Å². The predicted molar refractivity (Wildman–Crippen MR) is 67.0 cm³/mol. The third-order valence-corrected chi connectivity index (χ3v) is 3.30. The fourth-order valence-corrected chi connectivity index (χ4v) is 2.29. The molecule has 1 rings (SSSR count). The molecule has 0 aromatic heterocycles. The minimum atomic E-state index is -0.0857. The molecule has 0 radical (unpaired) electrons. The van der Waals surface area contributed by atoms with Gasteiger partial charge in [-0.2, -0.15) is 0 Å². The van der Waals surface area contributed by atoms with Crippen LogP contribution >= 0.6 is 15.9 Å². The first-order valence-electron chi connectivity index (χ1n) is 5.61. The summed E-state index contributed by atoms with van der Waals surface area (Å²) >= 11 is 3.61. The van der Waals surface area contributed by atoms with E-state index in [0.29, 0.717) is 4.83 Å². The molecule has 0 aliphatic heterocycles. The zero-order chi connectivity index (χ0) is 11.1. The average molecular weight is 273 g/mol. The number of halogens is 2. The highest BCUT2D eigenvalue weighted by atomic mass is 79.9. The van der Waals surface area contributed by atoms with Crippen LogP contribution in [0.5, 0.6) is 0 Å². The van der Waals surface area contributed by atoms with Gasteiger partial charge in [-0.1, -0.05) is 60.3 Å². The molecule has 0 N–H and O–H groups in total. The molecule has 0 saturated carbocycles. The second-order valence-corrected chi connectivity index (χ2v) is 5.18. The Morgan fingerprint density at radius 3 is 2.67 bits per heavy atom. The van der Waals surface area contributed by atoms with E-state index in [1.165, 1.54) is 25.3 Å². The molecule has 84 valence electrons. The molecule has 0 fully saturated rings. The maximum Gasteiger partial charge on any atom is 0.126 e. The van der Waals surface area contributed by atoms with Crippen LogP contribution in [-0.2, 0) is 6.42 Å². The van der Waals surface area contributed by atoms with Crippen LogP contribution < -0.4 is 0 Å². The molecule has 0 saturated heterocycles. The average Bonchev–Trinajstić information content (AvgIpc) is 2.22. The monoisotopic (exact) mass is 272 g/mol. The molecule has 1 atom stereocenters. The summed E-state index contributed by atoms with van der Waals surface area (Å²) in [6.45, 7) is 2.19. The van der Waals surface area contributed by atoms with E-state index in [0.717, 1.165) is 18.4 Å². The Labute approximate surface area is 100 Å². The van der Waals surface area contributed by atoms with Crippen molar-refractivity contribution >= 4 is 15.9 Å². The first kappa shape index (κ1) is 12.7. The van der Waals surface area contributed by atoms with Crippen molar-refractivity contribution in [2.45, 2.75) is 43.9 Å². The molecule has 2 heteroatoms. The summed E-state index contributed by atoms with van der Waals surface area (Å²) in [4.78, 5) is 0.404. The van der Waals surface area contributed by atoms with Crippen molar-refractivity contribution in [1.82, 2.24) is 0 Å². The topological polar surface area (TPSA) is 0 Å². The van der Waals surface area contributed by atoms with Gasteiger partial charge in [0.15, 0.2) is 0 Å². The Morgan fingerprint density at radius 1 is 1.27 bits per heavy atom. The highest BCUT2D eigenvalue weighted by Crippen LogP contribution is 2.18. The van der Waals surface area contributed by atoms with Crippen molar-refractivity contribution in [3.05, 3.63) is 35.6 Å². The standard InChI is InChI=1S/C13H18BrF/c1-2-3-4-8-12(14)10-11-7-5-6-9-13(11)15/h5-7,9,12H,2-4,8,10H2,1H3. The molecule has 1 aromatic carbocycles. The SMILES string of the molecule is CCCCCC(Br)Cc1ccccc1F. The van der Waals surface area contributed by atoms with Crippen LogP contribution in [0.15, 0.2) is 24.3 Å². The van der Waals surface area contributed by atoms with Gasteiger partial charge in [-0.25, -0.2) is 4.39 Å². The van der Waals surface area contributed by atoms with Crippen molar-refractivity contribution in [3.8, 4) is 0 Å². The fraction of sp³-hybridized carbons (Fsp3) is 0.538. The second kappa shape index (κ2) is 7.00. The molecular formula is C13H18BrF. The lowest BCUT2D eigenvalue weighted by Crippen LogP contribution is -2.04. The van der Waals surface area contributed by atoms with Gasteiger partial charge in [-0.3, -0.25) is 0 Å². The summed E-state index contributed by atoms with van der Waals surface area (Å²) in [5.74, 6) is -0.0857. The molecule has 0 spiro atoms. The quantitative estimate of drug-likeness (QED) is 0.520. The normalized spacial score (nSPS) is 12.7.